The maximum Gasteiger partial charge on any atom is 0.267 e. The van der Waals surface area contributed by atoms with Gasteiger partial charge in [-0.1, -0.05) is 23.5 Å². The van der Waals surface area contributed by atoms with E-state index in [9.17, 15) is 9.59 Å². The van der Waals surface area contributed by atoms with Crippen molar-refractivity contribution in [2.75, 3.05) is 10.6 Å². The van der Waals surface area contributed by atoms with E-state index >= 15 is 0 Å². The molecule has 5 N–H and O–H groups in total. The van der Waals surface area contributed by atoms with Gasteiger partial charge in [0.2, 0.25) is 5.91 Å². The van der Waals surface area contributed by atoms with Crippen molar-refractivity contribution in [1.82, 2.24) is 15.4 Å². The van der Waals surface area contributed by atoms with Gasteiger partial charge in [0.05, 0.1) is 23.3 Å². The highest BCUT2D eigenvalue weighted by molar-refractivity contribution is 7.17. The molecule has 0 bridgehead atoms. The van der Waals surface area contributed by atoms with Crippen molar-refractivity contribution in [3.05, 3.63) is 64.9 Å². The van der Waals surface area contributed by atoms with Gasteiger partial charge in [-0.25, -0.2) is 15.8 Å². The maximum atomic E-state index is 12.8. The Hall–Kier alpha value is -3.63. The first-order chi connectivity index (χ1) is 14.5. The van der Waals surface area contributed by atoms with Crippen molar-refractivity contribution in [3.8, 4) is 0 Å². The molecule has 0 saturated heterocycles. The molecule has 0 saturated carbocycles. The van der Waals surface area contributed by atoms with Gasteiger partial charge in [0.25, 0.3) is 5.91 Å². The number of rotatable bonds is 8. The van der Waals surface area contributed by atoms with Crippen molar-refractivity contribution in [3.63, 3.8) is 0 Å². The first kappa shape index (κ1) is 21.1. The third-order valence-electron chi connectivity index (χ3n) is 3.98. The fourth-order valence-corrected chi connectivity index (χ4v) is 3.60. The predicted molar refractivity (Wildman–Crippen MR) is 118 cm³/mol. The number of pyridine rings is 1. The Labute approximate surface area is 177 Å². The van der Waals surface area contributed by atoms with Gasteiger partial charge >= 0.3 is 0 Å². The molecule has 1 aromatic carbocycles. The minimum absolute atomic E-state index is 0.238. The second-order valence-corrected chi connectivity index (χ2v) is 7.26. The molecule has 2 aromatic heterocycles. The molecular formula is C20H21N7O2S. The van der Waals surface area contributed by atoms with Gasteiger partial charge in [0, 0.05) is 13.1 Å². The van der Waals surface area contributed by atoms with E-state index in [1.807, 2.05) is 24.3 Å². The summed E-state index contributed by atoms with van der Waals surface area (Å²) in [5, 5.41) is 5.86. The molecule has 0 unspecified atom stereocenters. The van der Waals surface area contributed by atoms with E-state index < -0.39 is 0 Å². The van der Waals surface area contributed by atoms with Crippen LogP contribution >= 0.6 is 11.3 Å². The van der Waals surface area contributed by atoms with Crippen LogP contribution in [0.15, 0.2) is 53.8 Å². The predicted octanol–water partition coefficient (Wildman–Crippen LogP) is 2.66. The van der Waals surface area contributed by atoms with Crippen LogP contribution in [0.25, 0.3) is 0 Å². The van der Waals surface area contributed by atoms with E-state index in [1.165, 1.54) is 13.3 Å². The van der Waals surface area contributed by atoms with Crippen LogP contribution in [0.2, 0.25) is 0 Å². The molecule has 2 amide bonds. The first-order valence-electron chi connectivity index (χ1n) is 9.11. The fraction of sp³-hybridized carbons (Fsp3) is 0.150. The van der Waals surface area contributed by atoms with E-state index in [0.29, 0.717) is 34.2 Å². The number of aliphatic imine (C=N–C) groups is 1. The number of carbonyl (C=O) groups excluding carboxylic acids is 2. The molecule has 3 aromatic rings. The highest BCUT2D eigenvalue weighted by Crippen LogP contribution is 2.26. The minimum atomic E-state index is -0.286. The van der Waals surface area contributed by atoms with Gasteiger partial charge in [-0.3, -0.25) is 14.6 Å². The zero-order chi connectivity index (χ0) is 21.3. The molecule has 0 radical (unpaired) electrons. The largest absolute Gasteiger partial charge is 0.320 e. The Balaban J connectivity index is 1.75. The number of nitrogens with zero attached hydrogens (tertiary/aromatic N) is 3. The van der Waals surface area contributed by atoms with Crippen LogP contribution < -0.4 is 21.9 Å². The maximum absolute atomic E-state index is 12.8. The summed E-state index contributed by atoms with van der Waals surface area (Å²) < 4.78 is 0. The Bertz CT molecular complexity index is 1030. The highest BCUT2D eigenvalue weighted by Gasteiger charge is 2.19. The molecule has 10 heteroatoms. The second kappa shape index (κ2) is 10.2. The molecule has 2 heterocycles. The Morgan fingerprint density at radius 2 is 1.97 bits per heavy atom. The number of carbonyl (C=O) groups is 2. The van der Waals surface area contributed by atoms with Gasteiger partial charge < -0.3 is 16.1 Å². The zero-order valence-electron chi connectivity index (χ0n) is 16.3. The number of aromatic nitrogens is 2. The molecule has 9 nitrogen and oxygen atoms in total. The van der Waals surface area contributed by atoms with Crippen molar-refractivity contribution >= 4 is 46.0 Å². The number of nitrogens with two attached hydrogens (primary N) is 1. The molecular weight excluding hydrogens is 402 g/mol. The van der Waals surface area contributed by atoms with E-state index in [1.54, 1.807) is 24.5 Å². The molecule has 154 valence electrons. The molecule has 3 rings (SSSR count). The lowest BCUT2D eigenvalue weighted by Gasteiger charge is -2.05. The minimum Gasteiger partial charge on any atom is -0.320 e. The number of anilines is 2. The van der Waals surface area contributed by atoms with E-state index in [0.717, 1.165) is 22.6 Å². The third kappa shape index (κ3) is 5.93. The summed E-state index contributed by atoms with van der Waals surface area (Å²) >= 11 is 1.15. The lowest BCUT2D eigenvalue weighted by atomic mass is 10.1. The van der Waals surface area contributed by atoms with Gasteiger partial charge in [0.15, 0.2) is 5.13 Å². The molecule has 30 heavy (non-hydrogen) atoms. The Morgan fingerprint density at radius 3 is 2.63 bits per heavy atom. The van der Waals surface area contributed by atoms with Crippen molar-refractivity contribution in [2.24, 2.45) is 10.8 Å². The molecule has 0 spiro atoms. The lowest BCUT2D eigenvalue weighted by Crippen LogP contribution is -2.18. The summed E-state index contributed by atoms with van der Waals surface area (Å²) in [5.74, 6) is 4.65. The smallest absolute Gasteiger partial charge is 0.267 e. The quantitative estimate of drug-likeness (QED) is 0.190. The summed E-state index contributed by atoms with van der Waals surface area (Å²) in [7, 11) is 0. The number of nitrogens with one attached hydrogen (secondary N) is 3. The summed E-state index contributed by atoms with van der Waals surface area (Å²) in [6.07, 6.45) is 5.82. The van der Waals surface area contributed by atoms with Gasteiger partial charge in [-0.05, 0) is 42.7 Å². The number of hydrogen-bond acceptors (Lipinski definition) is 7. The van der Waals surface area contributed by atoms with Crippen LogP contribution in [-0.2, 0) is 17.6 Å². The van der Waals surface area contributed by atoms with Crippen molar-refractivity contribution < 1.29 is 9.59 Å². The zero-order valence-corrected chi connectivity index (χ0v) is 17.1. The number of hydrazine groups is 1. The molecule has 0 atom stereocenters. The topological polar surface area (TPSA) is 134 Å². The van der Waals surface area contributed by atoms with Gasteiger partial charge in [-0.15, -0.1) is 0 Å². The van der Waals surface area contributed by atoms with E-state index in [4.69, 9.17) is 5.84 Å². The van der Waals surface area contributed by atoms with E-state index in [2.05, 4.69) is 31.0 Å². The second-order valence-electron chi connectivity index (χ2n) is 6.26. The fourth-order valence-electron chi connectivity index (χ4n) is 2.65. The number of hydrogen-bond donors (Lipinski definition) is 4. The first-order valence-corrected chi connectivity index (χ1v) is 9.93. The number of aryl methyl sites for hydroxylation is 2. The molecule has 0 aliphatic carbocycles. The average Bonchev–Trinajstić information content (AvgIpc) is 3.14. The summed E-state index contributed by atoms with van der Waals surface area (Å²) in [4.78, 5) is 37.2. The van der Waals surface area contributed by atoms with Crippen LogP contribution in [0, 0.1) is 0 Å². The van der Waals surface area contributed by atoms with Gasteiger partial charge in [0.1, 0.15) is 11.2 Å². The lowest BCUT2D eigenvalue weighted by molar-refractivity contribution is -0.114. The van der Waals surface area contributed by atoms with Crippen LogP contribution in [0.1, 0.15) is 27.9 Å². The standard InChI is InChI=1S/C20H21N7O2S/c1-13(28)25-20-27-17(9-6-14-4-7-15(8-5-14)23-12-24-21)18(30-20)19(29)26-16-3-2-10-22-11-16/h2-5,7-8,10-12H,6,9,21H2,1H3,(H,23,24)(H,26,29)(H,25,27,28). The average molecular weight is 424 g/mol. The third-order valence-corrected chi connectivity index (χ3v) is 4.99. The number of amides is 2. The number of thiazole rings is 1. The molecule has 0 fully saturated rings. The summed E-state index contributed by atoms with van der Waals surface area (Å²) in [6, 6.07) is 11.2. The monoisotopic (exact) mass is 423 g/mol. The van der Waals surface area contributed by atoms with Crippen molar-refractivity contribution in [1.29, 1.82) is 0 Å². The van der Waals surface area contributed by atoms with Crippen LogP contribution in [-0.4, -0.2) is 28.1 Å². The summed E-state index contributed by atoms with van der Waals surface area (Å²) in [5.41, 5.74) is 5.41. The summed E-state index contributed by atoms with van der Waals surface area (Å²) in [6.45, 7) is 1.40. The highest BCUT2D eigenvalue weighted by atomic mass is 32.1. The van der Waals surface area contributed by atoms with E-state index in [-0.39, 0.29) is 11.8 Å². The van der Waals surface area contributed by atoms with Crippen LogP contribution in [0.5, 0.6) is 0 Å². The molecule has 0 aliphatic heterocycles. The Morgan fingerprint density at radius 1 is 1.17 bits per heavy atom. The Kier molecular flexibility index (Phi) is 7.19. The van der Waals surface area contributed by atoms with Crippen LogP contribution in [0.4, 0.5) is 16.5 Å². The SMILES string of the molecule is CC(=O)Nc1nc(CCc2ccc(N=CNN)cc2)c(C(=O)Nc2cccnc2)s1. The van der Waals surface area contributed by atoms with Crippen molar-refractivity contribution in [2.45, 2.75) is 19.8 Å². The van der Waals surface area contributed by atoms with Gasteiger partial charge in [-0.2, -0.15) is 0 Å². The molecule has 0 aliphatic rings. The van der Waals surface area contributed by atoms with Crippen LogP contribution in [0.3, 0.4) is 0 Å². The normalized spacial score (nSPS) is 10.7. The number of benzene rings is 1.